The number of primary amides is 1. The predicted molar refractivity (Wildman–Crippen MR) is 129 cm³/mol. The molecule has 2 atom stereocenters. The minimum Gasteiger partial charge on any atom is -0.444 e. The summed E-state index contributed by atoms with van der Waals surface area (Å²) in [6.07, 6.45) is 3.77. The van der Waals surface area contributed by atoms with Gasteiger partial charge in [-0.15, -0.1) is 0 Å². The fourth-order valence-electron chi connectivity index (χ4n) is 4.17. The number of ether oxygens (including phenoxy) is 1. The number of hydrogen-bond acceptors (Lipinski definition) is 5. The molecule has 188 valence electrons. The third-order valence-corrected chi connectivity index (χ3v) is 5.81. The van der Waals surface area contributed by atoms with E-state index in [9.17, 15) is 19.2 Å². The van der Waals surface area contributed by atoms with E-state index in [1.54, 1.807) is 32.9 Å². The Kier molecular flexibility index (Phi) is 9.46. The molecule has 4 amide bonds. The largest absolute Gasteiger partial charge is 0.444 e. The first-order valence-electron chi connectivity index (χ1n) is 11.8. The van der Waals surface area contributed by atoms with Gasteiger partial charge in [0.05, 0.1) is 6.42 Å². The lowest BCUT2D eigenvalue weighted by Crippen LogP contribution is -2.53. The predicted octanol–water partition coefficient (Wildman–Crippen LogP) is 2.71. The molecule has 9 heteroatoms. The molecule has 4 N–H and O–H groups in total. The van der Waals surface area contributed by atoms with Gasteiger partial charge >= 0.3 is 6.09 Å². The first-order valence-corrected chi connectivity index (χ1v) is 11.8. The van der Waals surface area contributed by atoms with Crippen molar-refractivity contribution in [2.24, 2.45) is 5.73 Å². The fraction of sp³-hybridized carbons (Fsp3) is 0.600. The van der Waals surface area contributed by atoms with Crippen LogP contribution >= 0.6 is 0 Å². The Balaban J connectivity index is 2.32. The second-order valence-corrected chi connectivity index (χ2v) is 9.92. The zero-order chi connectivity index (χ0) is 25.5. The van der Waals surface area contributed by atoms with Gasteiger partial charge in [0.25, 0.3) is 0 Å². The molecule has 1 fully saturated rings. The van der Waals surface area contributed by atoms with Crippen LogP contribution < -0.4 is 16.4 Å². The van der Waals surface area contributed by atoms with E-state index in [2.05, 4.69) is 10.6 Å². The van der Waals surface area contributed by atoms with Gasteiger partial charge in [-0.25, -0.2) is 4.79 Å². The molecule has 1 aromatic rings. The smallest absolute Gasteiger partial charge is 0.408 e. The summed E-state index contributed by atoms with van der Waals surface area (Å²) in [6.45, 7) is 6.93. The van der Waals surface area contributed by atoms with Crippen molar-refractivity contribution in [2.75, 3.05) is 7.05 Å². The van der Waals surface area contributed by atoms with Crippen LogP contribution in [0.4, 0.5) is 4.79 Å². The molecule has 0 bridgehead atoms. The maximum absolute atomic E-state index is 13.5. The van der Waals surface area contributed by atoms with Crippen molar-refractivity contribution in [2.45, 2.75) is 89.9 Å². The number of rotatable bonds is 8. The molecular formula is C25H38N4O5. The number of benzene rings is 1. The molecule has 1 aromatic carbocycles. The molecule has 1 saturated carbocycles. The van der Waals surface area contributed by atoms with Crippen LogP contribution in [0.2, 0.25) is 0 Å². The molecule has 0 aliphatic heterocycles. The normalized spacial score (nSPS) is 16.1. The number of aryl methyl sites for hydroxylation is 1. The summed E-state index contributed by atoms with van der Waals surface area (Å²) in [5, 5.41) is 5.54. The van der Waals surface area contributed by atoms with Crippen molar-refractivity contribution in [3.8, 4) is 0 Å². The standard InChI is InChI=1S/C25H38N4O5/c1-16-11-9-10-14-18(16)21(22(31)27-17-12-7-6-8-13-17)29(5)23(32)19(15-20(26)30)28-24(33)34-25(2,3)4/h9-11,14,17,19,21H,6-8,12-13,15H2,1-5H3,(H2,26,30)(H,27,31)(H,28,33). The topological polar surface area (TPSA) is 131 Å². The van der Waals surface area contributed by atoms with E-state index in [0.29, 0.717) is 5.56 Å². The highest BCUT2D eigenvalue weighted by molar-refractivity contribution is 5.94. The van der Waals surface area contributed by atoms with E-state index in [0.717, 1.165) is 37.7 Å². The third-order valence-electron chi connectivity index (χ3n) is 5.81. The maximum atomic E-state index is 13.5. The molecule has 0 spiro atoms. The molecular weight excluding hydrogens is 436 g/mol. The molecule has 2 rings (SSSR count). The lowest BCUT2D eigenvalue weighted by Gasteiger charge is -2.33. The molecule has 0 radical (unpaired) electrons. The monoisotopic (exact) mass is 474 g/mol. The van der Waals surface area contributed by atoms with E-state index in [1.165, 1.54) is 11.9 Å². The Morgan fingerprint density at radius 2 is 1.74 bits per heavy atom. The lowest BCUT2D eigenvalue weighted by molar-refractivity contribution is -0.142. The fourth-order valence-corrected chi connectivity index (χ4v) is 4.17. The Bertz CT molecular complexity index is 890. The second-order valence-electron chi connectivity index (χ2n) is 9.92. The zero-order valence-corrected chi connectivity index (χ0v) is 20.8. The molecule has 9 nitrogen and oxygen atoms in total. The van der Waals surface area contributed by atoms with Crippen molar-refractivity contribution in [3.05, 3.63) is 35.4 Å². The van der Waals surface area contributed by atoms with Crippen LogP contribution in [0.15, 0.2) is 24.3 Å². The number of carbonyl (C=O) groups is 4. The van der Waals surface area contributed by atoms with Crippen LogP contribution in [0.3, 0.4) is 0 Å². The van der Waals surface area contributed by atoms with Crippen LogP contribution in [-0.2, 0) is 19.1 Å². The Labute approximate surface area is 201 Å². The Hall–Kier alpha value is -3.10. The van der Waals surface area contributed by atoms with Gasteiger partial charge in [-0.05, 0) is 51.7 Å². The summed E-state index contributed by atoms with van der Waals surface area (Å²) in [5.41, 5.74) is 6.07. The molecule has 0 saturated heterocycles. The van der Waals surface area contributed by atoms with Gasteiger partial charge in [0.1, 0.15) is 17.7 Å². The highest BCUT2D eigenvalue weighted by atomic mass is 16.6. The minimum atomic E-state index is -1.27. The van der Waals surface area contributed by atoms with Gasteiger partial charge in [0.15, 0.2) is 0 Å². The quantitative estimate of drug-likeness (QED) is 0.533. The number of likely N-dealkylation sites (N-methyl/N-ethyl adjacent to an activating group) is 1. The highest BCUT2D eigenvalue weighted by Gasteiger charge is 2.36. The number of hydrogen-bond donors (Lipinski definition) is 3. The number of nitrogens with one attached hydrogen (secondary N) is 2. The summed E-state index contributed by atoms with van der Waals surface area (Å²) in [5.74, 6) is -1.68. The van der Waals surface area contributed by atoms with E-state index >= 15 is 0 Å². The van der Waals surface area contributed by atoms with Crippen LogP contribution in [0.1, 0.15) is 76.5 Å². The van der Waals surface area contributed by atoms with Crippen LogP contribution in [0, 0.1) is 6.92 Å². The number of nitrogens with two attached hydrogens (primary N) is 1. The molecule has 34 heavy (non-hydrogen) atoms. The van der Waals surface area contributed by atoms with Crippen molar-refractivity contribution in [3.63, 3.8) is 0 Å². The molecule has 1 aliphatic carbocycles. The van der Waals surface area contributed by atoms with Gasteiger partial charge < -0.3 is 26.0 Å². The van der Waals surface area contributed by atoms with Gasteiger partial charge in [-0.3, -0.25) is 14.4 Å². The minimum absolute atomic E-state index is 0.0533. The van der Waals surface area contributed by atoms with Gasteiger partial charge in [-0.1, -0.05) is 43.5 Å². The Morgan fingerprint density at radius 1 is 1.12 bits per heavy atom. The average Bonchev–Trinajstić information content (AvgIpc) is 2.73. The van der Waals surface area contributed by atoms with Crippen LogP contribution in [0.25, 0.3) is 0 Å². The van der Waals surface area contributed by atoms with Gasteiger partial charge in [0, 0.05) is 13.1 Å². The zero-order valence-electron chi connectivity index (χ0n) is 20.8. The van der Waals surface area contributed by atoms with Crippen molar-refractivity contribution < 1.29 is 23.9 Å². The van der Waals surface area contributed by atoms with E-state index in [4.69, 9.17) is 10.5 Å². The third kappa shape index (κ3) is 8.04. The van der Waals surface area contributed by atoms with Gasteiger partial charge in [-0.2, -0.15) is 0 Å². The number of carbonyl (C=O) groups excluding carboxylic acids is 4. The summed E-state index contributed by atoms with van der Waals surface area (Å²) in [6, 6.07) is 5.18. The summed E-state index contributed by atoms with van der Waals surface area (Å²) in [4.78, 5) is 52.2. The van der Waals surface area contributed by atoms with Crippen LogP contribution in [-0.4, -0.2) is 53.4 Å². The number of nitrogens with zero attached hydrogens (tertiary/aromatic N) is 1. The number of amides is 4. The molecule has 0 aromatic heterocycles. The number of alkyl carbamates (subject to hydrolysis) is 1. The first kappa shape index (κ1) is 27.1. The van der Waals surface area contributed by atoms with Crippen molar-refractivity contribution in [1.82, 2.24) is 15.5 Å². The SMILES string of the molecule is Cc1ccccc1C(C(=O)NC1CCCCC1)N(C)C(=O)C(CC(N)=O)NC(=O)OC(C)(C)C. The summed E-state index contributed by atoms with van der Waals surface area (Å²) < 4.78 is 5.24. The molecule has 0 heterocycles. The van der Waals surface area contributed by atoms with Crippen molar-refractivity contribution >= 4 is 23.8 Å². The maximum Gasteiger partial charge on any atom is 0.408 e. The van der Waals surface area contributed by atoms with Gasteiger partial charge in [0.2, 0.25) is 17.7 Å². The Morgan fingerprint density at radius 3 is 2.29 bits per heavy atom. The molecule has 2 unspecified atom stereocenters. The average molecular weight is 475 g/mol. The summed E-state index contributed by atoms with van der Waals surface area (Å²) >= 11 is 0. The first-order chi connectivity index (χ1) is 15.9. The van der Waals surface area contributed by atoms with Crippen molar-refractivity contribution in [1.29, 1.82) is 0 Å². The highest BCUT2D eigenvalue weighted by Crippen LogP contribution is 2.26. The van der Waals surface area contributed by atoms with E-state index in [1.807, 2.05) is 19.1 Å². The lowest BCUT2D eigenvalue weighted by atomic mass is 9.94. The molecule has 1 aliphatic rings. The van der Waals surface area contributed by atoms with E-state index < -0.39 is 42.0 Å². The second kappa shape index (κ2) is 11.9. The van der Waals surface area contributed by atoms with Crippen LogP contribution in [0.5, 0.6) is 0 Å². The van der Waals surface area contributed by atoms with E-state index in [-0.39, 0.29) is 11.9 Å². The summed E-state index contributed by atoms with van der Waals surface area (Å²) in [7, 11) is 1.49.